The highest BCUT2D eigenvalue weighted by Crippen LogP contribution is 2.35. The van der Waals surface area contributed by atoms with Crippen LogP contribution in [0.25, 0.3) is 22.4 Å². The average molecular weight is 380 g/mol. The zero-order chi connectivity index (χ0) is 19.0. The summed E-state index contributed by atoms with van der Waals surface area (Å²) in [7, 11) is 1.36. The van der Waals surface area contributed by atoms with Gasteiger partial charge < -0.3 is 9.72 Å². The Morgan fingerprint density at radius 2 is 2.07 bits per heavy atom. The quantitative estimate of drug-likeness (QED) is 0.696. The maximum Gasteiger partial charge on any atom is 0.337 e. The van der Waals surface area contributed by atoms with E-state index in [-0.39, 0.29) is 11.5 Å². The Labute approximate surface area is 160 Å². The van der Waals surface area contributed by atoms with Gasteiger partial charge in [-0.25, -0.2) is 9.78 Å². The molecule has 0 fully saturated rings. The van der Waals surface area contributed by atoms with Crippen molar-refractivity contribution < 1.29 is 9.53 Å². The van der Waals surface area contributed by atoms with E-state index in [1.807, 2.05) is 18.2 Å². The number of hydrogen-bond donors (Lipinski definition) is 1. The molecule has 0 radical (unpaired) electrons. The van der Waals surface area contributed by atoms with Gasteiger partial charge in [0, 0.05) is 4.88 Å². The molecule has 0 saturated carbocycles. The van der Waals surface area contributed by atoms with E-state index >= 15 is 0 Å². The molecule has 27 heavy (non-hydrogen) atoms. The third kappa shape index (κ3) is 3.45. The number of aromatic amines is 1. The van der Waals surface area contributed by atoms with Crippen LogP contribution in [0.15, 0.2) is 29.1 Å². The number of benzene rings is 1. The smallest absolute Gasteiger partial charge is 0.337 e. The van der Waals surface area contributed by atoms with Crippen LogP contribution < -0.4 is 5.56 Å². The Bertz CT molecular complexity index is 1090. The van der Waals surface area contributed by atoms with Gasteiger partial charge in [-0.3, -0.25) is 4.79 Å². The number of H-pyrrole nitrogens is 1. The van der Waals surface area contributed by atoms with Crippen LogP contribution in [0.5, 0.6) is 0 Å². The lowest BCUT2D eigenvalue weighted by Crippen LogP contribution is -2.13. The second kappa shape index (κ2) is 7.12. The van der Waals surface area contributed by atoms with Gasteiger partial charge in [0.25, 0.3) is 5.56 Å². The summed E-state index contributed by atoms with van der Waals surface area (Å²) in [6, 6.07) is 7.06. The van der Waals surface area contributed by atoms with E-state index in [1.165, 1.54) is 17.6 Å². The molecule has 1 atom stereocenters. The lowest BCUT2D eigenvalue weighted by molar-refractivity contribution is 0.0600. The maximum absolute atomic E-state index is 12.6. The molecule has 1 aromatic carbocycles. The second-order valence-corrected chi connectivity index (χ2v) is 8.01. The summed E-state index contributed by atoms with van der Waals surface area (Å²) in [4.78, 5) is 33.7. The molecule has 5 nitrogen and oxygen atoms in total. The number of aromatic nitrogens is 2. The van der Waals surface area contributed by atoms with E-state index in [1.54, 1.807) is 29.5 Å². The minimum Gasteiger partial charge on any atom is -0.465 e. The standard InChI is InChI=1S/C21H20N2O3S/c1-12-3-9-15-16(11-12)27-20-18(15)19(24)22-17(23-20)10-6-13-4-7-14(8-5-13)21(25)26-2/h4-8,10,12H,3,9,11H2,1-2H3,(H,22,23,24)/b10-6+/t12-/m1/s1. The van der Waals surface area contributed by atoms with Gasteiger partial charge in [-0.05, 0) is 54.5 Å². The van der Waals surface area contributed by atoms with Crippen LogP contribution in [0.3, 0.4) is 0 Å². The largest absolute Gasteiger partial charge is 0.465 e. The second-order valence-electron chi connectivity index (χ2n) is 6.93. The predicted octanol–water partition coefficient (Wildman–Crippen LogP) is 4.07. The molecule has 138 valence electrons. The van der Waals surface area contributed by atoms with Crippen LogP contribution in [0.4, 0.5) is 0 Å². The van der Waals surface area contributed by atoms with E-state index in [0.717, 1.165) is 35.0 Å². The number of nitrogens with one attached hydrogen (secondary N) is 1. The normalized spacial score (nSPS) is 16.6. The molecule has 3 aromatic rings. The highest BCUT2D eigenvalue weighted by molar-refractivity contribution is 7.18. The first-order valence-corrected chi connectivity index (χ1v) is 9.78. The number of aryl methyl sites for hydroxylation is 1. The fraction of sp³-hybridized carbons (Fsp3) is 0.286. The Morgan fingerprint density at radius 1 is 1.30 bits per heavy atom. The summed E-state index contributed by atoms with van der Waals surface area (Å²) >= 11 is 1.64. The Hall–Kier alpha value is -2.73. The molecule has 0 amide bonds. The molecule has 2 heterocycles. The third-order valence-corrected chi connectivity index (χ3v) is 6.10. The van der Waals surface area contributed by atoms with Gasteiger partial charge in [-0.15, -0.1) is 11.3 Å². The van der Waals surface area contributed by atoms with Gasteiger partial charge in [0.05, 0.1) is 18.1 Å². The van der Waals surface area contributed by atoms with E-state index in [4.69, 9.17) is 4.74 Å². The van der Waals surface area contributed by atoms with Crippen molar-refractivity contribution in [3.63, 3.8) is 0 Å². The number of esters is 1. The first kappa shape index (κ1) is 17.7. The van der Waals surface area contributed by atoms with Gasteiger partial charge in [0.15, 0.2) is 0 Å². The van der Waals surface area contributed by atoms with Crippen molar-refractivity contribution in [2.24, 2.45) is 5.92 Å². The monoisotopic (exact) mass is 380 g/mol. The van der Waals surface area contributed by atoms with Gasteiger partial charge in [-0.2, -0.15) is 0 Å². The summed E-state index contributed by atoms with van der Waals surface area (Å²) in [5.74, 6) is 0.839. The number of carbonyl (C=O) groups excluding carboxylic acids is 1. The SMILES string of the molecule is COC(=O)c1ccc(/C=C/c2nc3sc4c(c3c(=O)[nH]2)CC[C@@H](C)C4)cc1. The summed E-state index contributed by atoms with van der Waals surface area (Å²) in [5.41, 5.74) is 2.54. The molecule has 0 saturated heterocycles. The Morgan fingerprint density at radius 3 is 2.81 bits per heavy atom. The highest BCUT2D eigenvalue weighted by Gasteiger charge is 2.22. The topological polar surface area (TPSA) is 72.0 Å². The van der Waals surface area contributed by atoms with Crippen LogP contribution in [0.2, 0.25) is 0 Å². The predicted molar refractivity (Wildman–Crippen MR) is 108 cm³/mol. The molecule has 1 N–H and O–H groups in total. The van der Waals surface area contributed by atoms with Crippen LogP contribution in [0.1, 0.15) is 45.5 Å². The molecular weight excluding hydrogens is 360 g/mol. The molecule has 1 aliphatic carbocycles. The van der Waals surface area contributed by atoms with E-state index in [2.05, 4.69) is 16.9 Å². The molecule has 6 heteroatoms. The zero-order valence-electron chi connectivity index (χ0n) is 15.2. The van der Waals surface area contributed by atoms with Gasteiger partial charge in [0.1, 0.15) is 10.7 Å². The lowest BCUT2D eigenvalue weighted by Gasteiger charge is -2.17. The number of carbonyl (C=O) groups is 1. The first-order chi connectivity index (χ1) is 13.0. The number of thiophene rings is 1. The van der Waals surface area contributed by atoms with Crippen molar-refractivity contribution in [1.82, 2.24) is 9.97 Å². The molecule has 2 aromatic heterocycles. The Balaban J connectivity index is 1.63. The number of ether oxygens (including phenoxy) is 1. The summed E-state index contributed by atoms with van der Waals surface area (Å²) in [6.45, 7) is 2.25. The minimum absolute atomic E-state index is 0.0623. The first-order valence-electron chi connectivity index (χ1n) is 8.96. The number of fused-ring (bicyclic) bond motifs is 3. The number of methoxy groups -OCH3 is 1. The molecule has 0 bridgehead atoms. The van der Waals surface area contributed by atoms with E-state index in [9.17, 15) is 9.59 Å². The fourth-order valence-electron chi connectivity index (χ4n) is 3.47. The number of rotatable bonds is 3. The van der Waals surface area contributed by atoms with Crippen molar-refractivity contribution >= 4 is 39.7 Å². The van der Waals surface area contributed by atoms with Crippen LogP contribution >= 0.6 is 11.3 Å². The third-order valence-electron chi connectivity index (χ3n) is 4.95. The fourth-order valence-corrected chi connectivity index (χ4v) is 4.86. The molecule has 0 unspecified atom stereocenters. The van der Waals surface area contributed by atoms with Crippen molar-refractivity contribution in [3.05, 3.63) is 62.0 Å². The molecular formula is C21H20N2O3S. The molecule has 0 aliphatic heterocycles. The lowest BCUT2D eigenvalue weighted by atomic mass is 9.89. The number of hydrogen-bond acceptors (Lipinski definition) is 5. The summed E-state index contributed by atoms with van der Waals surface area (Å²) in [6.07, 6.45) is 6.77. The van der Waals surface area contributed by atoms with Crippen molar-refractivity contribution in [2.45, 2.75) is 26.2 Å². The average Bonchev–Trinajstić information content (AvgIpc) is 3.03. The van der Waals surface area contributed by atoms with Gasteiger partial charge in [-0.1, -0.05) is 25.1 Å². The number of nitrogens with zero attached hydrogens (tertiary/aromatic N) is 1. The zero-order valence-corrected chi connectivity index (χ0v) is 16.1. The highest BCUT2D eigenvalue weighted by atomic mass is 32.1. The van der Waals surface area contributed by atoms with Crippen LogP contribution in [0, 0.1) is 5.92 Å². The van der Waals surface area contributed by atoms with Gasteiger partial charge in [0.2, 0.25) is 0 Å². The molecule has 4 rings (SSSR count). The summed E-state index contributed by atoms with van der Waals surface area (Å²) < 4.78 is 4.70. The van der Waals surface area contributed by atoms with Crippen LogP contribution in [-0.4, -0.2) is 23.0 Å². The van der Waals surface area contributed by atoms with Crippen molar-refractivity contribution in [1.29, 1.82) is 0 Å². The van der Waals surface area contributed by atoms with Crippen molar-refractivity contribution in [3.8, 4) is 0 Å². The maximum atomic E-state index is 12.6. The van der Waals surface area contributed by atoms with E-state index < -0.39 is 0 Å². The molecule has 0 spiro atoms. The van der Waals surface area contributed by atoms with Gasteiger partial charge >= 0.3 is 5.97 Å². The van der Waals surface area contributed by atoms with Crippen LogP contribution in [-0.2, 0) is 17.6 Å². The Kier molecular flexibility index (Phi) is 4.66. The molecule has 1 aliphatic rings. The van der Waals surface area contributed by atoms with E-state index in [0.29, 0.717) is 17.3 Å². The summed E-state index contributed by atoms with van der Waals surface area (Å²) in [5, 5.41) is 0.765. The van der Waals surface area contributed by atoms with Crippen molar-refractivity contribution in [2.75, 3.05) is 7.11 Å². The minimum atomic E-state index is -0.363.